The SMILES string of the molecule is COCCCn1c(C)cnc1C1CCN(C(=O)NCCc2ccccc2)C1. The fourth-order valence-electron chi connectivity index (χ4n) is 3.69. The number of imidazole rings is 1. The molecule has 1 fully saturated rings. The Morgan fingerprint density at radius 3 is 2.93 bits per heavy atom. The molecule has 1 aromatic heterocycles. The molecule has 1 aliphatic heterocycles. The number of likely N-dealkylation sites (tertiary alicyclic amines) is 1. The summed E-state index contributed by atoms with van der Waals surface area (Å²) < 4.78 is 7.45. The van der Waals surface area contributed by atoms with E-state index in [2.05, 4.69) is 33.9 Å². The average molecular weight is 370 g/mol. The molecule has 0 saturated carbocycles. The van der Waals surface area contributed by atoms with Gasteiger partial charge in [0.1, 0.15) is 5.82 Å². The Kier molecular flexibility index (Phi) is 6.87. The zero-order valence-electron chi connectivity index (χ0n) is 16.4. The molecule has 3 rings (SSSR count). The Morgan fingerprint density at radius 2 is 2.15 bits per heavy atom. The van der Waals surface area contributed by atoms with Gasteiger partial charge in [-0.2, -0.15) is 0 Å². The molecule has 146 valence electrons. The summed E-state index contributed by atoms with van der Waals surface area (Å²) in [6.45, 7) is 5.93. The molecular formula is C21H30N4O2. The number of carbonyl (C=O) groups excluding carboxylic acids is 1. The predicted octanol–water partition coefficient (Wildman–Crippen LogP) is 2.97. The molecule has 0 radical (unpaired) electrons. The first-order valence-corrected chi connectivity index (χ1v) is 9.76. The van der Waals surface area contributed by atoms with Crippen molar-refractivity contribution in [3.05, 3.63) is 53.6 Å². The number of hydrogen-bond donors (Lipinski definition) is 1. The van der Waals surface area contributed by atoms with Gasteiger partial charge in [-0.3, -0.25) is 0 Å². The lowest BCUT2D eigenvalue weighted by atomic mass is 10.1. The van der Waals surface area contributed by atoms with Crippen molar-refractivity contribution >= 4 is 6.03 Å². The first-order valence-electron chi connectivity index (χ1n) is 9.76. The molecule has 2 amide bonds. The Labute approximate surface area is 161 Å². The number of aryl methyl sites for hydroxylation is 1. The van der Waals surface area contributed by atoms with Crippen molar-refractivity contribution in [3.63, 3.8) is 0 Å². The molecule has 6 nitrogen and oxygen atoms in total. The van der Waals surface area contributed by atoms with Gasteiger partial charge >= 0.3 is 6.03 Å². The van der Waals surface area contributed by atoms with Crippen molar-refractivity contribution in [2.75, 3.05) is 33.4 Å². The van der Waals surface area contributed by atoms with Gasteiger partial charge in [-0.15, -0.1) is 0 Å². The van der Waals surface area contributed by atoms with Crippen molar-refractivity contribution in [2.24, 2.45) is 0 Å². The van der Waals surface area contributed by atoms with E-state index in [0.717, 1.165) is 51.3 Å². The number of carbonyl (C=O) groups is 1. The molecule has 1 aromatic carbocycles. The lowest BCUT2D eigenvalue weighted by Crippen LogP contribution is -2.39. The molecule has 2 heterocycles. The summed E-state index contributed by atoms with van der Waals surface area (Å²) >= 11 is 0. The van der Waals surface area contributed by atoms with Gasteiger partial charge in [0.2, 0.25) is 0 Å². The van der Waals surface area contributed by atoms with E-state index in [1.807, 2.05) is 29.3 Å². The van der Waals surface area contributed by atoms with E-state index in [-0.39, 0.29) is 6.03 Å². The van der Waals surface area contributed by atoms with Crippen molar-refractivity contribution in [1.82, 2.24) is 19.8 Å². The highest BCUT2D eigenvalue weighted by atomic mass is 16.5. The summed E-state index contributed by atoms with van der Waals surface area (Å²) in [4.78, 5) is 19.0. The summed E-state index contributed by atoms with van der Waals surface area (Å²) in [5.74, 6) is 1.41. The molecule has 6 heteroatoms. The van der Waals surface area contributed by atoms with Gasteiger partial charge in [0.05, 0.1) is 0 Å². The molecule has 1 saturated heterocycles. The molecule has 0 bridgehead atoms. The Hall–Kier alpha value is -2.34. The number of rotatable bonds is 8. The highest BCUT2D eigenvalue weighted by Gasteiger charge is 2.30. The maximum Gasteiger partial charge on any atom is 0.317 e. The van der Waals surface area contributed by atoms with Crippen LogP contribution in [-0.4, -0.2) is 53.8 Å². The first-order chi connectivity index (χ1) is 13.2. The standard InChI is InChI=1S/C21H30N4O2/c1-17-15-23-20(25(17)12-6-14-27-2)19-10-13-24(16-19)21(26)22-11-9-18-7-4-3-5-8-18/h3-5,7-8,15,19H,6,9-14,16H2,1-2H3,(H,22,26). The van der Waals surface area contributed by atoms with Crippen LogP contribution in [-0.2, 0) is 17.7 Å². The molecule has 0 aliphatic carbocycles. The number of nitrogens with zero attached hydrogens (tertiary/aromatic N) is 3. The van der Waals surface area contributed by atoms with Gasteiger partial charge in [-0.05, 0) is 31.7 Å². The zero-order chi connectivity index (χ0) is 19.1. The van der Waals surface area contributed by atoms with Crippen LogP contribution in [0, 0.1) is 6.92 Å². The van der Waals surface area contributed by atoms with Gasteiger partial charge in [-0.25, -0.2) is 9.78 Å². The summed E-state index contributed by atoms with van der Waals surface area (Å²) in [5, 5.41) is 3.05. The van der Waals surface area contributed by atoms with Crippen LogP contribution in [0.25, 0.3) is 0 Å². The maximum absolute atomic E-state index is 12.5. The fraction of sp³-hybridized carbons (Fsp3) is 0.524. The van der Waals surface area contributed by atoms with Crippen LogP contribution in [0.15, 0.2) is 36.5 Å². The lowest BCUT2D eigenvalue weighted by molar-refractivity contribution is 0.189. The van der Waals surface area contributed by atoms with Crippen LogP contribution >= 0.6 is 0 Å². The predicted molar refractivity (Wildman–Crippen MR) is 106 cm³/mol. The summed E-state index contributed by atoms with van der Waals surface area (Å²) in [7, 11) is 1.73. The minimum Gasteiger partial charge on any atom is -0.385 e. The van der Waals surface area contributed by atoms with Crippen molar-refractivity contribution in [1.29, 1.82) is 0 Å². The third kappa shape index (κ3) is 5.10. The maximum atomic E-state index is 12.5. The van der Waals surface area contributed by atoms with E-state index >= 15 is 0 Å². The third-order valence-corrected chi connectivity index (χ3v) is 5.19. The first kappa shape index (κ1) is 19.4. The average Bonchev–Trinajstić information content (AvgIpc) is 3.30. The van der Waals surface area contributed by atoms with E-state index in [1.165, 1.54) is 11.3 Å². The number of nitrogens with one attached hydrogen (secondary N) is 1. The number of ether oxygens (including phenoxy) is 1. The number of hydrogen-bond acceptors (Lipinski definition) is 3. The zero-order valence-corrected chi connectivity index (χ0v) is 16.4. The van der Waals surface area contributed by atoms with Crippen molar-refractivity contribution in [3.8, 4) is 0 Å². The monoisotopic (exact) mass is 370 g/mol. The smallest absolute Gasteiger partial charge is 0.317 e. The molecule has 27 heavy (non-hydrogen) atoms. The van der Waals surface area contributed by atoms with Crippen LogP contribution in [0.2, 0.25) is 0 Å². The highest BCUT2D eigenvalue weighted by molar-refractivity contribution is 5.74. The van der Waals surface area contributed by atoms with E-state index < -0.39 is 0 Å². The second-order valence-electron chi connectivity index (χ2n) is 7.15. The quantitative estimate of drug-likeness (QED) is 0.727. The Bertz CT molecular complexity index is 729. The molecular weight excluding hydrogens is 340 g/mol. The van der Waals surface area contributed by atoms with Crippen LogP contribution in [0.4, 0.5) is 4.79 Å². The number of aromatic nitrogens is 2. The van der Waals surface area contributed by atoms with Crippen LogP contribution in [0.1, 0.15) is 35.8 Å². The van der Waals surface area contributed by atoms with Gasteiger partial charge < -0.3 is 19.5 Å². The molecule has 1 aliphatic rings. The van der Waals surface area contributed by atoms with Gasteiger partial charge in [0, 0.05) is 57.7 Å². The number of methoxy groups -OCH3 is 1. The van der Waals surface area contributed by atoms with Crippen molar-refractivity contribution in [2.45, 2.75) is 38.6 Å². The lowest BCUT2D eigenvalue weighted by Gasteiger charge is -2.18. The van der Waals surface area contributed by atoms with Crippen LogP contribution in [0.3, 0.4) is 0 Å². The molecule has 1 unspecified atom stereocenters. The van der Waals surface area contributed by atoms with E-state index in [1.54, 1.807) is 7.11 Å². The Balaban J connectivity index is 1.50. The molecule has 1 atom stereocenters. The summed E-state index contributed by atoms with van der Waals surface area (Å²) in [6, 6.07) is 10.3. The number of amides is 2. The minimum absolute atomic E-state index is 0.0302. The van der Waals surface area contributed by atoms with E-state index in [0.29, 0.717) is 12.5 Å². The van der Waals surface area contributed by atoms with Crippen LogP contribution in [0.5, 0.6) is 0 Å². The largest absolute Gasteiger partial charge is 0.385 e. The minimum atomic E-state index is 0.0302. The van der Waals surface area contributed by atoms with E-state index in [9.17, 15) is 4.79 Å². The van der Waals surface area contributed by atoms with Gasteiger partial charge in [0.15, 0.2) is 0 Å². The molecule has 0 spiro atoms. The Morgan fingerprint density at radius 1 is 1.33 bits per heavy atom. The summed E-state index contributed by atoms with van der Waals surface area (Å²) in [6.07, 6.45) is 4.72. The molecule has 2 aromatic rings. The second kappa shape index (κ2) is 9.55. The fourth-order valence-corrected chi connectivity index (χ4v) is 3.69. The van der Waals surface area contributed by atoms with Gasteiger partial charge in [-0.1, -0.05) is 30.3 Å². The normalized spacial score (nSPS) is 16.7. The van der Waals surface area contributed by atoms with Crippen molar-refractivity contribution < 1.29 is 9.53 Å². The molecule has 1 N–H and O–H groups in total. The highest BCUT2D eigenvalue weighted by Crippen LogP contribution is 2.27. The van der Waals surface area contributed by atoms with E-state index in [4.69, 9.17) is 4.74 Å². The van der Waals surface area contributed by atoms with Gasteiger partial charge in [0.25, 0.3) is 0 Å². The topological polar surface area (TPSA) is 59.4 Å². The van der Waals surface area contributed by atoms with Crippen LogP contribution < -0.4 is 5.32 Å². The second-order valence-corrected chi connectivity index (χ2v) is 7.15. The third-order valence-electron chi connectivity index (χ3n) is 5.19. The number of urea groups is 1. The number of benzene rings is 1. The summed E-state index contributed by atoms with van der Waals surface area (Å²) in [5.41, 5.74) is 2.41.